The number of halogens is 1. The van der Waals surface area contributed by atoms with Gasteiger partial charge in [-0.05, 0) is 30.5 Å². The van der Waals surface area contributed by atoms with Gasteiger partial charge in [0, 0.05) is 17.6 Å². The molecular formula is C13H15ClN4O4. The van der Waals surface area contributed by atoms with Crippen LogP contribution in [0, 0.1) is 0 Å². The van der Waals surface area contributed by atoms with E-state index in [2.05, 4.69) is 9.97 Å². The van der Waals surface area contributed by atoms with Crippen molar-refractivity contribution in [3.05, 3.63) is 23.2 Å². The summed E-state index contributed by atoms with van der Waals surface area (Å²) in [4.78, 5) is 20.3. The minimum absolute atomic E-state index is 0.0645. The lowest BCUT2D eigenvalue weighted by Crippen LogP contribution is -2.48. The van der Waals surface area contributed by atoms with Gasteiger partial charge < -0.3 is 19.9 Å². The Balaban J connectivity index is 2.11. The van der Waals surface area contributed by atoms with Gasteiger partial charge in [-0.25, -0.2) is 4.98 Å². The highest BCUT2D eigenvalue weighted by molar-refractivity contribution is 6.28. The number of nitrogens with one attached hydrogen (secondary N) is 1. The van der Waals surface area contributed by atoms with E-state index in [1.54, 1.807) is 9.88 Å². The molecule has 1 aliphatic carbocycles. The Hall–Kier alpha value is -1.74. The third kappa shape index (κ3) is 2.91. The second kappa shape index (κ2) is 5.47. The maximum atomic E-state index is 12.2. The Labute approximate surface area is 130 Å². The Bertz CT molecular complexity index is 719. The lowest BCUT2D eigenvalue weighted by molar-refractivity contribution is -0.323. The highest BCUT2D eigenvalue weighted by Gasteiger charge is 2.29. The molecule has 1 aliphatic rings. The summed E-state index contributed by atoms with van der Waals surface area (Å²) in [7, 11) is 0. The number of aromatic nitrogens is 3. The van der Waals surface area contributed by atoms with Crippen molar-refractivity contribution in [1.29, 1.82) is 0 Å². The summed E-state index contributed by atoms with van der Waals surface area (Å²) in [5, 5.41) is 29.2. The third-order valence-electron chi connectivity index (χ3n) is 3.75. The van der Waals surface area contributed by atoms with E-state index in [4.69, 9.17) is 26.9 Å². The average molecular weight is 327 g/mol. The van der Waals surface area contributed by atoms with Crippen molar-refractivity contribution in [3.8, 4) is 0 Å². The quantitative estimate of drug-likeness (QED) is 0.482. The van der Waals surface area contributed by atoms with Crippen LogP contribution in [0.3, 0.4) is 0 Å². The molecule has 0 unspecified atom stereocenters. The van der Waals surface area contributed by atoms with Crippen LogP contribution in [-0.4, -0.2) is 41.9 Å². The number of hydrogen-bond donors (Lipinski definition) is 4. The molecule has 0 aromatic carbocycles. The Morgan fingerprint density at radius 3 is 2.68 bits per heavy atom. The van der Waals surface area contributed by atoms with E-state index in [-0.39, 0.29) is 17.0 Å². The number of hydrogen-bond acceptors (Lipinski definition) is 6. The van der Waals surface area contributed by atoms with Gasteiger partial charge in [0.2, 0.25) is 5.28 Å². The SMILES string of the molecule is O=C(NC(O)(O)O)c1cc2cnc(Cl)nc2n1C1CCCC1. The molecule has 0 aliphatic heterocycles. The molecule has 0 spiro atoms. The number of fused-ring (bicyclic) bond motifs is 1. The van der Waals surface area contributed by atoms with Crippen LogP contribution in [0.4, 0.5) is 0 Å². The standard InChI is InChI=1S/C13H15ClN4O4/c14-12-15-6-7-5-9(11(19)17-13(20,21)22)18(10(7)16-12)8-3-1-2-4-8/h5-6,8,20-22H,1-4H2,(H,17,19). The second-order valence-corrected chi connectivity index (χ2v) is 5.68. The van der Waals surface area contributed by atoms with Crippen LogP contribution in [-0.2, 0) is 0 Å². The first-order chi connectivity index (χ1) is 10.3. The van der Waals surface area contributed by atoms with Crippen LogP contribution >= 0.6 is 11.6 Å². The summed E-state index contributed by atoms with van der Waals surface area (Å²) in [6.07, 6.45) is 2.05. The molecule has 0 bridgehead atoms. The fraction of sp³-hybridized carbons (Fsp3) is 0.462. The highest BCUT2D eigenvalue weighted by Crippen LogP contribution is 2.34. The zero-order valence-electron chi connectivity index (χ0n) is 11.5. The Morgan fingerprint density at radius 2 is 2.05 bits per heavy atom. The van der Waals surface area contributed by atoms with Crippen molar-refractivity contribution in [3.63, 3.8) is 0 Å². The fourth-order valence-corrected chi connectivity index (χ4v) is 3.04. The van der Waals surface area contributed by atoms with E-state index < -0.39 is 12.0 Å². The van der Waals surface area contributed by atoms with Gasteiger partial charge in [-0.2, -0.15) is 4.98 Å². The molecule has 1 fully saturated rings. The first kappa shape index (κ1) is 15.2. The number of amides is 1. The third-order valence-corrected chi connectivity index (χ3v) is 3.93. The molecule has 118 valence electrons. The molecule has 3 rings (SSSR count). The molecule has 0 radical (unpaired) electrons. The van der Waals surface area contributed by atoms with Crippen LogP contribution in [0.1, 0.15) is 42.2 Å². The van der Waals surface area contributed by atoms with Crippen LogP contribution in [0.25, 0.3) is 11.0 Å². The number of nitrogens with zero attached hydrogens (tertiary/aromatic N) is 3. The van der Waals surface area contributed by atoms with Gasteiger partial charge in [0.25, 0.3) is 5.91 Å². The van der Waals surface area contributed by atoms with Gasteiger partial charge in [-0.1, -0.05) is 12.8 Å². The largest absolute Gasteiger partial charge is 0.369 e. The Morgan fingerprint density at radius 1 is 1.36 bits per heavy atom. The van der Waals surface area contributed by atoms with Gasteiger partial charge in [0.1, 0.15) is 11.3 Å². The molecule has 9 heteroatoms. The first-order valence-corrected chi connectivity index (χ1v) is 7.26. The number of carbonyl (C=O) groups excluding carboxylic acids is 1. The summed E-state index contributed by atoms with van der Waals surface area (Å²) in [6, 6.07) is 1.60. The van der Waals surface area contributed by atoms with Crippen molar-refractivity contribution in [2.75, 3.05) is 0 Å². The minimum Gasteiger partial charge on any atom is -0.325 e. The molecule has 2 aromatic heterocycles. The first-order valence-electron chi connectivity index (χ1n) is 6.88. The molecule has 0 atom stereocenters. The van der Waals surface area contributed by atoms with Crippen molar-refractivity contribution < 1.29 is 20.1 Å². The molecule has 0 saturated heterocycles. The van der Waals surface area contributed by atoms with Gasteiger partial charge in [-0.15, -0.1) is 0 Å². The molecule has 1 amide bonds. The normalized spacial score (nSPS) is 16.4. The van der Waals surface area contributed by atoms with Crippen molar-refractivity contribution in [2.24, 2.45) is 0 Å². The van der Waals surface area contributed by atoms with Gasteiger partial charge in [-0.3, -0.25) is 10.1 Å². The molecule has 2 heterocycles. The molecular weight excluding hydrogens is 312 g/mol. The predicted octanol–water partition coefficient (Wildman–Crippen LogP) is 0.518. The van der Waals surface area contributed by atoms with E-state index in [0.717, 1.165) is 25.7 Å². The topological polar surface area (TPSA) is 120 Å². The summed E-state index contributed by atoms with van der Waals surface area (Å²) in [6.45, 7) is 0. The lowest BCUT2D eigenvalue weighted by atomic mass is 10.2. The van der Waals surface area contributed by atoms with E-state index in [9.17, 15) is 4.79 Å². The smallest absolute Gasteiger partial charge is 0.325 e. The summed E-state index contributed by atoms with van der Waals surface area (Å²) < 4.78 is 1.72. The number of carbonyl (C=O) groups is 1. The molecule has 1 saturated carbocycles. The zero-order valence-corrected chi connectivity index (χ0v) is 12.3. The van der Waals surface area contributed by atoms with E-state index in [1.165, 1.54) is 12.3 Å². The van der Waals surface area contributed by atoms with Crippen LogP contribution in [0.2, 0.25) is 5.28 Å². The molecule has 8 nitrogen and oxygen atoms in total. The van der Waals surface area contributed by atoms with Crippen molar-refractivity contribution in [2.45, 2.75) is 37.8 Å². The summed E-state index contributed by atoms with van der Waals surface area (Å²) in [5.41, 5.74) is 0.677. The number of aliphatic hydroxyl groups is 3. The van der Waals surface area contributed by atoms with Gasteiger partial charge in [0.15, 0.2) is 0 Å². The van der Waals surface area contributed by atoms with Crippen molar-refractivity contribution >= 4 is 28.5 Å². The monoisotopic (exact) mass is 326 g/mol. The maximum Gasteiger partial charge on any atom is 0.369 e. The van der Waals surface area contributed by atoms with Crippen molar-refractivity contribution in [1.82, 2.24) is 19.9 Å². The predicted molar refractivity (Wildman–Crippen MR) is 76.9 cm³/mol. The van der Waals surface area contributed by atoms with E-state index in [1.807, 2.05) is 0 Å². The summed E-state index contributed by atoms with van der Waals surface area (Å²) in [5.74, 6) is -0.825. The number of rotatable bonds is 3. The van der Waals surface area contributed by atoms with E-state index >= 15 is 0 Å². The van der Waals surface area contributed by atoms with Crippen LogP contribution in [0.5, 0.6) is 0 Å². The molecule has 4 N–H and O–H groups in total. The summed E-state index contributed by atoms with van der Waals surface area (Å²) >= 11 is 5.84. The average Bonchev–Trinajstić information content (AvgIpc) is 3.01. The molecule has 22 heavy (non-hydrogen) atoms. The lowest BCUT2D eigenvalue weighted by Gasteiger charge is -2.19. The second-order valence-electron chi connectivity index (χ2n) is 5.35. The van der Waals surface area contributed by atoms with E-state index in [0.29, 0.717) is 11.0 Å². The van der Waals surface area contributed by atoms with Gasteiger partial charge in [0.05, 0.1) is 0 Å². The van der Waals surface area contributed by atoms with Crippen LogP contribution < -0.4 is 5.32 Å². The fourth-order valence-electron chi connectivity index (χ4n) is 2.91. The Kier molecular flexibility index (Phi) is 3.77. The molecule has 2 aromatic rings. The van der Waals surface area contributed by atoms with Crippen LogP contribution in [0.15, 0.2) is 12.3 Å². The zero-order chi connectivity index (χ0) is 15.9. The minimum atomic E-state index is -3.28. The highest BCUT2D eigenvalue weighted by atomic mass is 35.5. The maximum absolute atomic E-state index is 12.2. The van der Waals surface area contributed by atoms with Gasteiger partial charge >= 0.3 is 6.10 Å².